The fraction of sp³-hybridized carbons (Fsp3) is 0.615. The van der Waals surface area contributed by atoms with Gasteiger partial charge in [0.1, 0.15) is 5.82 Å². The standard InChI is InChI=1S/C13H21N3O/c1-9(17)8-16(2)13-11(7-14)6-10-4-3-5-12(10)15-13/h6,9,17H,3-5,7-8,14H2,1-2H3. The first-order valence-corrected chi connectivity index (χ1v) is 6.22. The Balaban J connectivity index is 2.32. The molecule has 1 atom stereocenters. The van der Waals surface area contributed by atoms with Crippen LogP contribution in [-0.4, -0.2) is 29.8 Å². The van der Waals surface area contributed by atoms with Gasteiger partial charge in [0.25, 0.3) is 0 Å². The molecule has 0 radical (unpaired) electrons. The van der Waals surface area contributed by atoms with Crippen molar-refractivity contribution in [3.63, 3.8) is 0 Å². The molecule has 1 aromatic heterocycles. The summed E-state index contributed by atoms with van der Waals surface area (Å²) in [5.74, 6) is 0.925. The number of rotatable bonds is 4. The molecule has 0 saturated heterocycles. The molecule has 1 unspecified atom stereocenters. The van der Waals surface area contributed by atoms with Gasteiger partial charge in [0.15, 0.2) is 0 Å². The summed E-state index contributed by atoms with van der Waals surface area (Å²) in [7, 11) is 1.95. The van der Waals surface area contributed by atoms with Crippen molar-refractivity contribution < 1.29 is 5.11 Å². The van der Waals surface area contributed by atoms with E-state index < -0.39 is 0 Å². The molecule has 0 amide bonds. The summed E-state index contributed by atoms with van der Waals surface area (Å²) in [5.41, 5.74) is 9.41. The Labute approximate surface area is 102 Å². The van der Waals surface area contributed by atoms with Gasteiger partial charge in [-0.05, 0) is 37.8 Å². The lowest BCUT2D eigenvalue weighted by molar-refractivity contribution is 0.201. The van der Waals surface area contributed by atoms with E-state index in [1.807, 2.05) is 11.9 Å². The molecule has 0 fully saturated rings. The molecule has 3 N–H and O–H groups in total. The third-order valence-electron chi connectivity index (χ3n) is 3.23. The fourth-order valence-electron chi connectivity index (χ4n) is 2.47. The predicted molar refractivity (Wildman–Crippen MR) is 69.1 cm³/mol. The van der Waals surface area contributed by atoms with Crippen LogP contribution in [0.3, 0.4) is 0 Å². The average molecular weight is 235 g/mol. The van der Waals surface area contributed by atoms with E-state index in [2.05, 4.69) is 6.07 Å². The first kappa shape index (κ1) is 12.3. The third kappa shape index (κ3) is 2.58. The molecule has 1 aliphatic carbocycles. The SMILES string of the molecule is CC(O)CN(C)c1nc2c(cc1CN)CCC2. The third-order valence-corrected chi connectivity index (χ3v) is 3.23. The molecule has 1 heterocycles. The van der Waals surface area contributed by atoms with E-state index in [0.29, 0.717) is 13.1 Å². The van der Waals surface area contributed by atoms with Gasteiger partial charge >= 0.3 is 0 Å². The second kappa shape index (κ2) is 5.02. The second-order valence-corrected chi connectivity index (χ2v) is 4.86. The zero-order valence-corrected chi connectivity index (χ0v) is 10.6. The van der Waals surface area contributed by atoms with Crippen LogP contribution in [0.5, 0.6) is 0 Å². The van der Waals surface area contributed by atoms with Crippen LogP contribution < -0.4 is 10.6 Å². The first-order chi connectivity index (χ1) is 8.11. The number of aliphatic hydroxyl groups is 1. The molecule has 0 aliphatic heterocycles. The summed E-state index contributed by atoms with van der Waals surface area (Å²) in [6.45, 7) is 2.87. The van der Waals surface area contributed by atoms with Gasteiger partial charge in [-0.15, -0.1) is 0 Å². The van der Waals surface area contributed by atoms with Crippen LogP contribution in [0.1, 0.15) is 30.2 Å². The summed E-state index contributed by atoms with van der Waals surface area (Å²) in [6, 6.07) is 2.18. The van der Waals surface area contributed by atoms with E-state index >= 15 is 0 Å². The van der Waals surface area contributed by atoms with Crippen LogP contribution in [0.2, 0.25) is 0 Å². The number of anilines is 1. The fourth-order valence-corrected chi connectivity index (χ4v) is 2.47. The van der Waals surface area contributed by atoms with E-state index in [-0.39, 0.29) is 6.10 Å². The Bertz CT molecular complexity index is 404. The Morgan fingerprint density at radius 2 is 2.29 bits per heavy atom. The maximum atomic E-state index is 9.44. The summed E-state index contributed by atoms with van der Waals surface area (Å²) in [5, 5.41) is 9.44. The van der Waals surface area contributed by atoms with Crippen molar-refractivity contribution in [3.05, 3.63) is 22.9 Å². The number of hydrogen-bond donors (Lipinski definition) is 2. The van der Waals surface area contributed by atoms with Gasteiger partial charge in [-0.3, -0.25) is 0 Å². The molecule has 0 saturated carbocycles. The maximum absolute atomic E-state index is 9.44. The van der Waals surface area contributed by atoms with Crippen LogP contribution in [0.4, 0.5) is 5.82 Å². The molecule has 0 aromatic carbocycles. The lowest BCUT2D eigenvalue weighted by Gasteiger charge is -2.23. The van der Waals surface area contributed by atoms with Crippen molar-refractivity contribution in [1.29, 1.82) is 0 Å². The van der Waals surface area contributed by atoms with Gasteiger partial charge in [0.05, 0.1) is 6.10 Å². The number of nitrogens with zero attached hydrogens (tertiary/aromatic N) is 2. The van der Waals surface area contributed by atoms with Crippen molar-refractivity contribution in [2.24, 2.45) is 5.73 Å². The highest BCUT2D eigenvalue weighted by Crippen LogP contribution is 2.26. The predicted octanol–water partition coefficient (Wildman–Crippen LogP) is 0.846. The Kier molecular flexibility index (Phi) is 3.64. The summed E-state index contributed by atoms with van der Waals surface area (Å²) in [4.78, 5) is 6.70. The van der Waals surface area contributed by atoms with Crippen molar-refractivity contribution in [1.82, 2.24) is 4.98 Å². The highest BCUT2D eigenvalue weighted by atomic mass is 16.3. The summed E-state index contributed by atoms with van der Waals surface area (Å²) in [6.07, 6.45) is 3.02. The number of aryl methyl sites for hydroxylation is 2. The van der Waals surface area contributed by atoms with Gasteiger partial charge in [-0.2, -0.15) is 0 Å². The van der Waals surface area contributed by atoms with E-state index in [0.717, 1.165) is 24.2 Å². The maximum Gasteiger partial charge on any atom is 0.133 e. The van der Waals surface area contributed by atoms with Gasteiger partial charge in [-0.1, -0.05) is 0 Å². The molecule has 2 rings (SSSR count). The number of nitrogens with two attached hydrogens (primary N) is 1. The number of fused-ring (bicyclic) bond motifs is 1. The lowest BCUT2D eigenvalue weighted by Crippen LogP contribution is -2.29. The number of aromatic nitrogens is 1. The minimum Gasteiger partial charge on any atom is -0.392 e. The Hall–Kier alpha value is -1.13. The largest absolute Gasteiger partial charge is 0.392 e. The molecule has 17 heavy (non-hydrogen) atoms. The molecule has 0 spiro atoms. The Morgan fingerprint density at radius 1 is 1.53 bits per heavy atom. The summed E-state index contributed by atoms with van der Waals surface area (Å²) < 4.78 is 0. The lowest BCUT2D eigenvalue weighted by atomic mass is 10.1. The van der Waals surface area contributed by atoms with Crippen molar-refractivity contribution >= 4 is 5.82 Å². The van der Waals surface area contributed by atoms with E-state index in [1.54, 1.807) is 6.92 Å². The van der Waals surface area contributed by atoms with Crippen LogP contribution in [-0.2, 0) is 19.4 Å². The van der Waals surface area contributed by atoms with Gasteiger partial charge in [-0.25, -0.2) is 4.98 Å². The normalized spacial score (nSPS) is 15.8. The Morgan fingerprint density at radius 3 is 2.94 bits per heavy atom. The number of pyridine rings is 1. The van der Waals surface area contributed by atoms with Crippen LogP contribution >= 0.6 is 0 Å². The first-order valence-electron chi connectivity index (χ1n) is 6.22. The molecule has 4 heteroatoms. The summed E-state index contributed by atoms with van der Waals surface area (Å²) >= 11 is 0. The topological polar surface area (TPSA) is 62.4 Å². The smallest absolute Gasteiger partial charge is 0.133 e. The van der Waals surface area contributed by atoms with E-state index in [1.165, 1.54) is 17.7 Å². The van der Waals surface area contributed by atoms with Crippen LogP contribution in [0.25, 0.3) is 0 Å². The van der Waals surface area contributed by atoms with Crippen molar-refractivity contribution in [3.8, 4) is 0 Å². The zero-order valence-electron chi connectivity index (χ0n) is 10.6. The van der Waals surface area contributed by atoms with E-state index in [4.69, 9.17) is 10.7 Å². The highest BCUT2D eigenvalue weighted by molar-refractivity contribution is 5.50. The van der Waals surface area contributed by atoms with E-state index in [9.17, 15) is 5.11 Å². The number of aliphatic hydroxyl groups excluding tert-OH is 1. The van der Waals surface area contributed by atoms with Gasteiger partial charge in [0.2, 0.25) is 0 Å². The van der Waals surface area contributed by atoms with Crippen LogP contribution in [0, 0.1) is 0 Å². The van der Waals surface area contributed by atoms with Crippen LogP contribution in [0.15, 0.2) is 6.07 Å². The zero-order chi connectivity index (χ0) is 12.4. The monoisotopic (exact) mass is 235 g/mol. The van der Waals surface area contributed by atoms with Crippen molar-refractivity contribution in [2.45, 2.75) is 38.8 Å². The molecule has 1 aromatic rings. The van der Waals surface area contributed by atoms with Crippen molar-refractivity contribution in [2.75, 3.05) is 18.5 Å². The molecular formula is C13H21N3O. The quantitative estimate of drug-likeness (QED) is 0.812. The minimum absolute atomic E-state index is 0.360. The average Bonchev–Trinajstić information content (AvgIpc) is 2.73. The minimum atomic E-state index is -0.360. The molecule has 4 nitrogen and oxygen atoms in total. The van der Waals surface area contributed by atoms with Gasteiger partial charge < -0.3 is 15.7 Å². The second-order valence-electron chi connectivity index (χ2n) is 4.86. The number of likely N-dealkylation sites (N-methyl/N-ethyl adjacent to an activating group) is 1. The van der Waals surface area contributed by atoms with Gasteiger partial charge in [0, 0.05) is 31.4 Å². The number of hydrogen-bond acceptors (Lipinski definition) is 4. The molecular weight excluding hydrogens is 214 g/mol. The molecule has 0 bridgehead atoms. The molecule has 1 aliphatic rings. The molecule has 94 valence electrons. The highest BCUT2D eigenvalue weighted by Gasteiger charge is 2.18.